The summed E-state index contributed by atoms with van der Waals surface area (Å²) in [5.41, 5.74) is -0.577. The first-order valence-corrected chi connectivity index (χ1v) is 6.71. The number of carbonyl (C=O) groups excluding carboxylic acids is 1. The van der Waals surface area contributed by atoms with Crippen LogP contribution in [-0.2, 0) is 18.4 Å². The summed E-state index contributed by atoms with van der Waals surface area (Å²) in [6.07, 6.45) is 4.15. The van der Waals surface area contributed by atoms with Gasteiger partial charge in [0.05, 0.1) is 13.2 Å². The third kappa shape index (κ3) is 5.26. The molecular formula is C10H19O4P. The van der Waals surface area contributed by atoms with Crippen LogP contribution >= 0.6 is 7.60 Å². The molecule has 0 fully saturated rings. The van der Waals surface area contributed by atoms with Crippen LogP contribution in [0.5, 0.6) is 0 Å². The van der Waals surface area contributed by atoms with Gasteiger partial charge in [-0.15, -0.1) is 0 Å². The first-order chi connectivity index (χ1) is 7.10. The highest BCUT2D eigenvalue weighted by molar-refractivity contribution is 7.72. The molecule has 0 aliphatic heterocycles. The van der Waals surface area contributed by atoms with Gasteiger partial charge in [0.15, 0.2) is 0 Å². The predicted molar refractivity (Wildman–Crippen MR) is 59.9 cm³/mol. The maximum Gasteiger partial charge on any atom is 0.400 e. The van der Waals surface area contributed by atoms with E-state index in [0.717, 1.165) is 0 Å². The lowest BCUT2D eigenvalue weighted by atomic mass is 10.5. The smallest absolute Gasteiger partial charge is 0.303 e. The minimum atomic E-state index is -3.59. The lowest BCUT2D eigenvalue weighted by molar-refractivity contribution is -0.109. The summed E-state index contributed by atoms with van der Waals surface area (Å²) >= 11 is 0. The molecule has 0 aliphatic rings. The molecule has 4 nitrogen and oxygen atoms in total. The molecule has 0 aromatic carbocycles. The summed E-state index contributed by atoms with van der Waals surface area (Å²) in [7, 11) is -3.59. The molecule has 0 radical (unpaired) electrons. The standard InChI is InChI=1S/C10H19O4P/c1-4-7-10(11)15(12,13-8-5-2)14-9-6-3/h4,7H,5-6,8-9H2,1-3H3/b7-4+. The van der Waals surface area contributed by atoms with E-state index in [4.69, 9.17) is 9.05 Å². The lowest BCUT2D eigenvalue weighted by Gasteiger charge is -2.14. The van der Waals surface area contributed by atoms with E-state index in [-0.39, 0.29) is 13.2 Å². The van der Waals surface area contributed by atoms with Crippen molar-refractivity contribution in [2.75, 3.05) is 13.2 Å². The maximum absolute atomic E-state index is 12.0. The van der Waals surface area contributed by atoms with Crippen LogP contribution in [0.2, 0.25) is 0 Å². The molecule has 0 aromatic rings. The van der Waals surface area contributed by atoms with Gasteiger partial charge < -0.3 is 9.05 Å². The van der Waals surface area contributed by atoms with E-state index in [2.05, 4.69) is 0 Å². The molecule has 0 N–H and O–H groups in total. The Morgan fingerprint density at radius 2 is 1.67 bits per heavy atom. The molecule has 0 bridgehead atoms. The summed E-state index contributed by atoms with van der Waals surface area (Å²) in [5.74, 6) is 0. The Morgan fingerprint density at radius 3 is 2.00 bits per heavy atom. The Hall–Kier alpha value is -0.440. The van der Waals surface area contributed by atoms with E-state index in [1.807, 2.05) is 13.8 Å². The zero-order chi connectivity index (χ0) is 11.7. The Bertz CT molecular complexity index is 248. The molecule has 0 saturated carbocycles. The Morgan fingerprint density at radius 1 is 1.20 bits per heavy atom. The lowest BCUT2D eigenvalue weighted by Crippen LogP contribution is -2.06. The second kappa shape index (κ2) is 7.80. The zero-order valence-corrected chi connectivity index (χ0v) is 10.5. The predicted octanol–water partition coefficient (Wildman–Crippen LogP) is 3.14. The maximum atomic E-state index is 12.0. The average Bonchev–Trinajstić information content (AvgIpc) is 2.24. The third-order valence-electron chi connectivity index (χ3n) is 1.51. The van der Waals surface area contributed by atoms with Crippen molar-refractivity contribution in [2.24, 2.45) is 0 Å². The SMILES string of the molecule is C/C=C/C(=O)P(=O)(OCCC)OCCC. The van der Waals surface area contributed by atoms with Crippen LogP contribution in [0.25, 0.3) is 0 Å². The van der Waals surface area contributed by atoms with Gasteiger partial charge in [-0.25, -0.2) is 0 Å². The summed E-state index contributed by atoms with van der Waals surface area (Å²) < 4.78 is 22.0. The second-order valence-electron chi connectivity index (χ2n) is 3.00. The Balaban J connectivity index is 4.53. The van der Waals surface area contributed by atoms with Crippen LogP contribution in [0.1, 0.15) is 33.6 Å². The minimum Gasteiger partial charge on any atom is -0.303 e. The van der Waals surface area contributed by atoms with Crippen LogP contribution in [0.4, 0.5) is 0 Å². The van der Waals surface area contributed by atoms with Gasteiger partial charge in [0, 0.05) is 0 Å². The molecule has 0 aliphatic carbocycles. The molecule has 0 amide bonds. The second-order valence-corrected chi connectivity index (χ2v) is 4.95. The van der Waals surface area contributed by atoms with E-state index in [1.165, 1.54) is 12.2 Å². The minimum absolute atomic E-state index is 0.268. The van der Waals surface area contributed by atoms with Gasteiger partial charge in [-0.3, -0.25) is 9.36 Å². The number of rotatable bonds is 8. The van der Waals surface area contributed by atoms with Crippen LogP contribution in [0.3, 0.4) is 0 Å². The molecule has 0 spiro atoms. The highest BCUT2D eigenvalue weighted by atomic mass is 31.2. The fourth-order valence-electron chi connectivity index (χ4n) is 0.821. The third-order valence-corrected chi connectivity index (χ3v) is 3.24. The number of carbonyl (C=O) groups is 1. The van der Waals surface area contributed by atoms with Gasteiger partial charge in [0.1, 0.15) is 0 Å². The fourth-order valence-corrected chi connectivity index (χ4v) is 2.33. The Kier molecular flexibility index (Phi) is 7.57. The monoisotopic (exact) mass is 234 g/mol. The van der Waals surface area contributed by atoms with Crippen LogP contribution < -0.4 is 0 Å². The molecule has 0 atom stereocenters. The van der Waals surface area contributed by atoms with Gasteiger partial charge in [0.25, 0.3) is 5.52 Å². The van der Waals surface area contributed by atoms with E-state index >= 15 is 0 Å². The highest BCUT2D eigenvalue weighted by Gasteiger charge is 2.32. The first-order valence-electron chi connectivity index (χ1n) is 5.17. The molecule has 0 rings (SSSR count). The van der Waals surface area contributed by atoms with Gasteiger partial charge in [-0.2, -0.15) is 0 Å². The van der Waals surface area contributed by atoms with Crippen molar-refractivity contribution >= 4 is 13.1 Å². The molecule has 5 heteroatoms. The van der Waals surface area contributed by atoms with Crippen LogP contribution in [0.15, 0.2) is 12.2 Å². The van der Waals surface area contributed by atoms with Crippen LogP contribution in [0, 0.1) is 0 Å². The van der Waals surface area contributed by atoms with Gasteiger partial charge in [-0.1, -0.05) is 19.9 Å². The molecule has 88 valence electrons. The van der Waals surface area contributed by atoms with E-state index in [1.54, 1.807) is 6.92 Å². The van der Waals surface area contributed by atoms with Crippen molar-refractivity contribution in [2.45, 2.75) is 33.6 Å². The van der Waals surface area contributed by atoms with Crippen molar-refractivity contribution < 1.29 is 18.4 Å². The number of hydrogen-bond donors (Lipinski definition) is 0. The van der Waals surface area contributed by atoms with Crippen molar-refractivity contribution in [3.63, 3.8) is 0 Å². The topological polar surface area (TPSA) is 52.6 Å². The highest BCUT2D eigenvalue weighted by Crippen LogP contribution is 2.49. The van der Waals surface area contributed by atoms with Crippen molar-refractivity contribution in [3.05, 3.63) is 12.2 Å². The molecule has 0 saturated heterocycles. The van der Waals surface area contributed by atoms with E-state index in [0.29, 0.717) is 12.8 Å². The molecule has 0 heterocycles. The van der Waals surface area contributed by atoms with E-state index in [9.17, 15) is 9.36 Å². The van der Waals surface area contributed by atoms with Gasteiger partial charge in [0.2, 0.25) is 0 Å². The summed E-state index contributed by atoms with van der Waals surface area (Å²) in [6.45, 7) is 5.98. The Labute approximate surface area is 91.2 Å². The van der Waals surface area contributed by atoms with Crippen molar-refractivity contribution in [1.82, 2.24) is 0 Å². The molecule has 0 aromatic heterocycles. The summed E-state index contributed by atoms with van der Waals surface area (Å²) in [4.78, 5) is 11.5. The molecule has 15 heavy (non-hydrogen) atoms. The van der Waals surface area contributed by atoms with Crippen molar-refractivity contribution in [1.29, 1.82) is 0 Å². The normalized spacial score (nSPS) is 12.2. The molecule has 0 unspecified atom stereocenters. The van der Waals surface area contributed by atoms with Crippen molar-refractivity contribution in [3.8, 4) is 0 Å². The first kappa shape index (κ1) is 14.6. The zero-order valence-electron chi connectivity index (χ0n) is 9.56. The summed E-state index contributed by atoms with van der Waals surface area (Å²) in [6, 6.07) is 0. The average molecular weight is 234 g/mol. The number of allylic oxidation sites excluding steroid dienone is 2. The van der Waals surface area contributed by atoms with Crippen LogP contribution in [-0.4, -0.2) is 18.7 Å². The molecular weight excluding hydrogens is 215 g/mol. The summed E-state index contributed by atoms with van der Waals surface area (Å²) in [5, 5.41) is 0. The fraction of sp³-hybridized carbons (Fsp3) is 0.700. The van der Waals surface area contributed by atoms with E-state index < -0.39 is 13.1 Å². The van der Waals surface area contributed by atoms with Gasteiger partial charge in [-0.05, 0) is 25.8 Å². The van der Waals surface area contributed by atoms with Gasteiger partial charge >= 0.3 is 7.60 Å². The quantitative estimate of drug-likeness (QED) is 0.478. The number of hydrogen-bond acceptors (Lipinski definition) is 4. The largest absolute Gasteiger partial charge is 0.400 e.